The van der Waals surface area contributed by atoms with Crippen LogP contribution >= 0.6 is 0 Å². The van der Waals surface area contributed by atoms with E-state index in [2.05, 4.69) is 24.3 Å². The highest BCUT2D eigenvalue weighted by molar-refractivity contribution is 6.00. The van der Waals surface area contributed by atoms with E-state index < -0.39 is 0 Å². The molecule has 0 fully saturated rings. The van der Waals surface area contributed by atoms with Crippen LogP contribution in [0.4, 0.5) is 0 Å². The number of benzene rings is 4. The molecule has 0 amide bonds. The van der Waals surface area contributed by atoms with Crippen LogP contribution in [-0.2, 0) is 4.79 Å². The highest BCUT2D eigenvalue weighted by Gasteiger charge is 2.18. The number of hydrogen-bond donors (Lipinski definition) is 0. The fraction of sp³-hybridized carbons (Fsp3) is 0.120. The van der Waals surface area contributed by atoms with Crippen molar-refractivity contribution in [3.8, 4) is 0 Å². The van der Waals surface area contributed by atoms with Gasteiger partial charge in [-0.25, -0.2) is 0 Å². The average molecular weight is 352 g/mol. The number of hydrogen-bond acceptors (Lipinski definition) is 2. The largest absolute Gasteiger partial charge is 0.303 e. The summed E-state index contributed by atoms with van der Waals surface area (Å²) in [5.41, 5.74) is 1.74. The summed E-state index contributed by atoms with van der Waals surface area (Å²) in [4.78, 5) is 24.1. The van der Waals surface area contributed by atoms with Crippen molar-refractivity contribution >= 4 is 33.6 Å². The van der Waals surface area contributed by atoms with Gasteiger partial charge in [0.25, 0.3) is 0 Å². The quantitative estimate of drug-likeness (QED) is 0.318. The highest BCUT2D eigenvalue weighted by Crippen LogP contribution is 2.28. The van der Waals surface area contributed by atoms with Gasteiger partial charge in [0.15, 0.2) is 5.78 Å². The van der Waals surface area contributed by atoms with E-state index in [4.69, 9.17) is 0 Å². The van der Waals surface area contributed by atoms with Gasteiger partial charge in [0.2, 0.25) is 0 Å². The summed E-state index contributed by atoms with van der Waals surface area (Å²) in [5, 5.41) is 4.46. The van der Waals surface area contributed by atoms with Crippen LogP contribution in [0.5, 0.6) is 0 Å². The van der Waals surface area contributed by atoms with Crippen LogP contribution in [0, 0.1) is 0 Å². The Morgan fingerprint density at radius 1 is 0.741 bits per heavy atom. The molecule has 0 saturated carbocycles. The molecular weight excluding hydrogens is 332 g/mol. The van der Waals surface area contributed by atoms with Crippen LogP contribution in [0.1, 0.15) is 34.7 Å². The molecule has 27 heavy (non-hydrogen) atoms. The Balaban J connectivity index is 1.62. The fourth-order valence-electron chi connectivity index (χ4n) is 3.62. The Morgan fingerprint density at radius 2 is 1.33 bits per heavy atom. The molecule has 0 aromatic heterocycles. The predicted octanol–water partition coefficient (Wildman–Crippen LogP) is 5.94. The number of fused-ring (bicyclic) bond motifs is 2. The van der Waals surface area contributed by atoms with Crippen molar-refractivity contribution in [2.75, 3.05) is 0 Å². The van der Waals surface area contributed by atoms with E-state index in [0.717, 1.165) is 33.4 Å². The Hall–Kier alpha value is -3.26. The molecule has 4 rings (SSSR count). The van der Waals surface area contributed by atoms with Crippen LogP contribution in [0.25, 0.3) is 21.5 Å². The standard InChI is InChI=1S/C25H20O2/c26-14-13-23(22-11-9-18-5-1-3-7-20(18)15-22)17-25(27)24-12-10-19-6-2-4-8-21(19)16-24/h1-12,14-16,23H,13,17H2. The molecule has 4 aromatic rings. The lowest BCUT2D eigenvalue weighted by Crippen LogP contribution is -2.08. The van der Waals surface area contributed by atoms with E-state index >= 15 is 0 Å². The van der Waals surface area contributed by atoms with Gasteiger partial charge in [-0.1, -0.05) is 78.9 Å². The molecule has 1 unspecified atom stereocenters. The van der Waals surface area contributed by atoms with E-state index in [9.17, 15) is 9.59 Å². The summed E-state index contributed by atoms with van der Waals surface area (Å²) < 4.78 is 0. The van der Waals surface area contributed by atoms with Crippen molar-refractivity contribution in [1.82, 2.24) is 0 Å². The minimum absolute atomic E-state index is 0.0701. The van der Waals surface area contributed by atoms with Crippen LogP contribution in [0.2, 0.25) is 0 Å². The molecule has 0 N–H and O–H groups in total. The topological polar surface area (TPSA) is 34.1 Å². The molecule has 2 heteroatoms. The van der Waals surface area contributed by atoms with Gasteiger partial charge < -0.3 is 4.79 Å². The Labute approximate surface area is 158 Å². The minimum Gasteiger partial charge on any atom is -0.303 e. The summed E-state index contributed by atoms with van der Waals surface area (Å²) in [7, 11) is 0. The smallest absolute Gasteiger partial charge is 0.163 e. The highest BCUT2D eigenvalue weighted by atomic mass is 16.1. The van der Waals surface area contributed by atoms with Crippen molar-refractivity contribution < 1.29 is 9.59 Å². The Bertz CT molecular complexity index is 1130. The first kappa shape index (κ1) is 17.2. The average Bonchev–Trinajstić information content (AvgIpc) is 2.72. The number of carbonyl (C=O) groups excluding carboxylic acids is 2. The zero-order valence-corrected chi connectivity index (χ0v) is 15.0. The lowest BCUT2D eigenvalue weighted by molar-refractivity contribution is -0.108. The molecule has 0 aliphatic heterocycles. The van der Waals surface area contributed by atoms with Gasteiger partial charge in [-0.3, -0.25) is 4.79 Å². The van der Waals surface area contributed by atoms with Crippen molar-refractivity contribution in [2.45, 2.75) is 18.8 Å². The van der Waals surface area contributed by atoms with Gasteiger partial charge in [0, 0.05) is 18.4 Å². The van der Waals surface area contributed by atoms with Gasteiger partial charge in [-0.2, -0.15) is 0 Å². The molecule has 0 saturated heterocycles. The first-order chi connectivity index (χ1) is 13.2. The van der Waals surface area contributed by atoms with Crippen molar-refractivity contribution in [1.29, 1.82) is 0 Å². The second-order valence-corrected chi connectivity index (χ2v) is 6.90. The summed E-state index contributed by atoms with van der Waals surface area (Å²) in [5.74, 6) is -0.0353. The van der Waals surface area contributed by atoms with E-state index in [1.807, 2.05) is 60.7 Å². The lowest BCUT2D eigenvalue weighted by atomic mass is 9.88. The monoisotopic (exact) mass is 352 g/mol. The van der Waals surface area contributed by atoms with Gasteiger partial charge >= 0.3 is 0 Å². The Morgan fingerprint density at radius 3 is 2.00 bits per heavy atom. The maximum atomic E-state index is 12.9. The fourth-order valence-corrected chi connectivity index (χ4v) is 3.62. The summed E-state index contributed by atoms with van der Waals surface area (Å²) in [6, 6.07) is 28.1. The van der Waals surface area contributed by atoms with Crippen LogP contribution in [-0.4, -0.2) is 12.1 Å². The molecule has 0 aliphatic rings. The van der Waals surface area contributed by atoms with E-state index in [-0.39, 0.29) is 11.7 Å². The summed E-state index contributed by atoms with van der Waals surface area (Å²) >= 11 is 0. The number of carbonyl (C=O) groups is 2. The molecule has 0 radical (unpaired) electrons. The number of rotatable bonds is 6. The normalized spacial score (nSPS) is 12.1. The third kappa shape index (κ3) is 3.65. The number of Topliss-reactive ketones (excluding diaryl/α,β-unsaturated/α-hetero) is 1. The van der Waals surface area contributed by atoms with E-state index in [1.165, 1.54) is 0 Å². The van der Waals surface area contributed by atoms with Crippen molar-refractivity contribution in [3.63, 3.8) is 0 Å². The van der Waals surface area contributed by atoms with Crippen LogP contribution in [0.3, 0.4) is 0 Å². The molecule has 0 spiro atoms. The molecule has 4 aromatic carbocycles. The SMILES string of the molecule is O=CCC(CC(=O)c1ccc2ccccc2c1)c1ccc2ccccc2c1. The summed E-state index contributed by atoms with van der Waals surface area (Å²) in [6.45, 7) is 0. The molecule has 0 aliphatic carbocycles. The molecule has 2 nitrogen and oxygen atoms in total. The van der Waals surface area contributed by atoms with Gasteiger partial charge in [0.05, 0.1) is 0 Å². The Kier molecular flexibility index (Phi) is 4.80. The van der Waals surface area contributed by atoms with Gasteiger partial charge in [-0.15, -0.1) is 0 Å². The first-order valence-electron chi connectivity index (χ1n) is 9.19. The molecule has 132 valence electrons. The van der Waals surface area contributed by atoms with Gasteiger partial charge in [0.1, 0.15) is 6.29 Å². The van der Waals surface area contributed by atoms with Gasteiger partial charge in [-0.05, 0) is 39.1 Å². The van der Waals surface area contributed by atoms with Crippen LogP contribution < -0.4 is 0 Å². The molecular formula is C25H20O2. The maximum Gasteiger partial charge on any atom is 0.163 e. The van der Waals surface area contributed by atoms with Crippen LogP contribution in [0.15, 0.2) is 84.9 Å². The minimum atomic E-state index is -0.105. The zero-order chi connectivity index (χ0) is 18.6. The number of ketones is 1. The third-order valence-corrected chi connectivity index (χ3v) is 5.13. The maximum absolute atomic E-state index is 12.9. The molecule has 0 heterocycles. The second kappa shape index (κ2) is 7.55. The lowest BCUT2D eigenvalue weighted by Gasteiger charge is -2.15. The summed E-state index contributed by atoms with van der Waals surface area (Å²) in [6.07, 6.45) is 1.58. The van der Waals surface area contributed by atoms with E-state index in [1.54, 1.807) is 0 Å². The van der Waals surface area contributed by atoms with E-state index in [0.29, 0.717) is 18.4 Å². The first-order valence-corrected chi connectivity index (χ1v) is 9.19. The zero-order valence-electron chi connectivity index (χ0n) is 15.0. The number of aldehydes is 1. The molecule has 0 bridgehead atoms. The second-order valence-electron chi connectivity index (χ2n) is 6.90. The van der Waals surface area contributed by atoms with Crippen molar-refractivity contribution in [3.05, 3.63) is 96.1 Å². The third-order valence-electron chi connectivity index (χ3n) is 5.13. The van der Waals surface area contributed by atoms with Crippen molar-refractivity contribution in [2.24, 2.45) is 0 Å². The predicted molar refractivity (Wildman–Crippen MR) is 110 cm³/mol. The molecule has 1 atom stereocenters.